The summed E-state index contributed by atoms with van der Waals surface area (Å²) in [5.41, 5.74) is 4.14. The zero-order valence-corrected chi connectivity index (χ0v) is 16.8. The number of rotatable bonds is 5. The van der Waals surface area contributed by atoms with Crippen molar-refractivity contribution >= 4 is 17.5 Å². The second-order valence-corrected chi connectivity index (χ2v) is 8.19. The number of hydrogen-bond acceptors (Lipinski definition) is 6. The highest BCUT2D eigenvalue weighted by atomic mass is 32.2. The molecule has 1 atom stereocenters. The number of nitrogens with zero attached hydrogens (tertiary/aromatic N) is 2. The molecule has 6 heteroatoms. The van der Waals surface area contributed by atoms with Gasteiger partial charge in [0, 0.05) is 5.56 Å². The Morgan fingerprint density at radius 2 is 2.04 bits per heavy atom. The molecule has 1 aliphatic rings. The number of aromatic nitrogens is 2. The number of carbonyl (C=O) groups is 1. The van der Waals surface area contributed by atoms with Gasteiger partial charge in [0.15, 0.2) is 12.4 Å². The minimum Gasteiger partial charge on any atom is -0.484 e. The molecule has 1 aromatic heterocycles. The molecule has 0 radical (unpaired) electrons. The van der Waals surface area contributed by atoms with Gasteiger partial charge in [-0.05, 0) is 55.9 Å². The minimum atomic E-state index is -0.197. The molecule has 0 fully saturated rings. The summed E-state index contributed by atoms with van der Waals surface area (Å²) in [6, 6.07) is 13.9. The first kappa shape index (κ1) is 18.7. The molecule has 1 unspecified atom stereocenters. The average Bonchev–Trinajstić information content (AvgIpc) is 3.08. The maximum absolute atomic E-state index is 12.9. The standard InChI is InChI=1S/C22H22N2O3S/c1-14-10-11-15(2)18(12-14)26-13-20-23-24-22(27-20)28-19-9-5-7-16-6-3-4-8-17(16)21(19)25/h3-4,6,8,10-12,19H,5,7,9,13H2,1-2H3. The van der Waals surface area contributed by atoms with Crippen molar-refractivity contribution in [3.8, 4) is 5.75 Å². The van der Waals surface area contributed by atoms with Crippen LogP contribution in [0.1, 0.15) is 45.8 Å². The molecule has 4 rings (SSSR count). The summed E-state index contributed by atoms with van der Waals surface area (Å²) >= 11 is 1.35. The predicted molar refractivity (Wildman–Crippen MR) is 108 cm³/mol. The molecule has 0 bridgehead atoms. The molecule has 0 amide bonds. The van der Waals surface area contributed by atoms with Crippen LogP contribution < -0.4 is 4.74 Å². The van der Waals surface area contributed by atoms with Crippen molar-refractivity contribution < 1.29 is 13.9 Å². The van der Waals surface area contributed by atoms with Gasteiger partial charge >= 0.3 is 0 Å². The zero-order valence-electron chi connectivity index (χ0n) is 16.0. The van der Waals surface area contributed by atoms with Crippen LogP contribution in [0.15, 0.2) is 52.1 Å². The number of carbonyl (C=O) groups excluding carboxylic acids is 1. The molecule has 0 saturated heterocycles. The third kappa shape index (κ3) is 4.12. The van der Waals surface area contributed by atoms with E-state index in [1.165, 1.54) is 11.8 Å². The molecule has 0 aliphatic heterocycles. The van der Waals surface area contributed by atoms with E-state index in [1.807, 2.05) is 56.3 Å². The van der Waals surface area contributed by atoms with E-state index in [4.69, 9.17) is 9.15 Å². The molecule has 144 valence electrons. The summed E-state index contributed by atoms with van der Waals surface area (Å²) in [7, 11) is 0. The first-order chi connectivity index (χ1) is 13.6. The summed E-state index contributed by atoms with van der Waals surface area (Å²) in [6.45, 7) is 4.23. The summed E-state index contributed by atoms with van der Waals surface area (Å²) in [5.74, 6) is 1.36. The summed E-state index contributed by atoms with van der Waals surface area (Å²) < 4.78 is 11.5. The fourth-order valence-electron chi connectivity index (χ4n) is 3.34. The van der Waals surface area contributed by atoms with E-state index in [-0.39, 0.29) is 17.6 Å². The Bertz CT molecular complexity index is 999. The highest BCUT2D eigenvalue weighted by Gasteiger charge is 2.28. The third-order valence-electron chi connectivity index (χ3n) is 4.87. The van der Waals surface area contributed by atoms with Gasteiger partial charge in [0.25, 0.3) is 11.1 Å². The Morgan fingerprint density at radius 1 is 1.18 bits per heavy atom. The van der Waals surface area contributed by atoms with Gasteiger partial charge in [-0.15, -0.1) is 10.2 Å². The lowest BCUT2D eigenvalue weighted by molar-refractivity contribution is 0.0988. The predicted octanol–water partition coefficient (Wildman–Crippen LogP) is 4.95. The first-order valence-corrected chi connectivity index (χ1v) is 10.3. The van der Waals surface area contributed by atoms with Crippen molar-refractivity contribution in [3.05, 3.63) is 70.6 Å². The number of ether oxygens (including phenoxy) is 1. The lowest BCUT2D eigenvalue weighted by Gasteiger charge is -2.10. The van der Waals surface area contributed by atoms with Gasteiger partial charge in [-0.3, -0.25) is 4.79 Å². The minimum absolute atomic E-state index is 0.143. The second kappa shape index (κ2) is 8.19. The van der Waals surface area contributed by atoms with E-state index in [9.17, 15) is 4.79 Å². The van der Waals surface area contributed by atoms with Gasteiger partial charge in [0.2, 0.25) is 0 Å². The van der Waals surface area contributed by atoms with Crippen LogP contribution in [0.4, 0.5) is 0 Å². The van der Waals surface area contributed by atoms with Gasteiger partial charge in [-0.2, -0.15) is 0 Å². The van der Waals surface area contributed by atoms with Crippen molar-refractivity contribution in [2.24, 2.45) is 0 Å². The van der Waals surface area contributed by atoms with Crippen molar-refractivity contribution in [2.45, 2.75) is 50.2 Å². The molecule has 5 nitrogen and oxygen atoms in total. The van der Waals surface area contributed by atoms with E-state index in [1.54, 1.807) is 0 Å². The van der Waals surface area contributed by atoms with Crippen LogP contribution in [0.2, 0.25) is 0 Å². The van der Waals surface area contributed by atoms with E-state index in [0.717, 1.165) is 47.3 Å². The molecule has 0 spiro atoms. The molecule has 1 heterocycles. The first-order valence-electron chi connectivity index (χ1n) is 9.41. The van der Waals surface area contributed by atoms with Crippen LogP contribution >= 0.6 is 11.8 Å². The highest BCUT2D eigenvalue weighted by molar-refractivity contribution is 8.00. The largest absolute Gasteiger partial charge is 0.484 e. The van der Waals surface area contributed by atoms with Crippen LogP contribution in [0.5, 0.6) is 5.75 Å². The van der Waals surface area contributed by atoms with Crippen LogP contribution in [-0.2, 0) is 13.0 Å². The van der Waals surface area contributed by atoms with Crippen LogP contribution in [0.3, 0.4) is 0 Å². The number of ketones is 1. The summed E-state index contributed by atoms with van der Waals surface area (Å²) in [4.78, 5) is 12.9. The topological polar surface area (TPSA) is 65.2 Å². The molecule has 0 saturated carbocycles. The van der Waals surface area contributed by atoms with Crippen LogP contribution in [0, 0.1) is 13.8 Å². The monoisotopic (exact) mass is 394 g/mol. The number of hydrogen-bond donors (Lipinski definition) is 0. The average molecular weight is 394 g/mol. The van der Waals surface area contributed by atoms with Gasteiger partial charge in [-0.25, -0.2) is 0 Å². The number of benzene rings is 2. The van der Waals surface area contributed by atoms with E-state index >= 15 is 0 Å². The third-order valence-corrected chi connectivity index (χ3v) is 5.97. The Hall–Kier alpha value is -2.60. The quantitative estimate of drug-likeness (QED) is 0.571. The lowest BCUT2D eigenvalue weighted by Crippen LogP contribution is -2.16. The number of thioether (sulfide) groups is 1. The normalized spacial score (nSPS) is 16.5. The molecular formula is C22H22N2O3S. The second-order valence-electron chi connectivity index (χ2n) is 7.04. The maximum Gasteiger partial charge on any atom is 0.277 e. The van der Waals surface area contributed by atoms with Crippen molar-refractivity contribution in [3.63, 3.8) is 0 Å². The van der Waals surface area contributed by atoms with E-state index in [2.05, 4.69) is 10.2 Å². The van der Waals surface area contributed by atoms with Crippen molar-refractivity contribution in [1.82, 2.24) is 10.2 Å². The highest BCUT2D eigenvalue weighted by Crippen LogP contribution is 2.32. The van der Waals surface area contributed by atoms with Crippen LogP contribution in [0.25, 0.3) is 0 Å². The van der Waals surface area contributed by atoms with Gasteiger partial charge in [0.1, 0.15) is 5.75 Å². The summed E-state index contributed by atoms with van der Waals surface area (Å²) in [5, 5.41) is 8.38. The van der Waals surface area contributed by atoms with Crippen LogP contribution in [-0.4, -0.2) is 21.2 Å². The molecule has 2 aromatic carbocycles. The zero-order chi connectivity index (χ0) is 19.5. The molecular weight excluding hydrogens is 372 g/mol. The molecule has 0 N–H and O–H groups in total. The van der Waals surface area contributed by atoms with Gasteiger partial charge in [-0.1, -0.05) is 48.2 Å². The fraction of sp³-hybridized carbons (Fsp3) is 0.318. The Labute approximate surface area is 168 Å². The molecule has 3 aromatic rings. The van der Waals surface area contributed by atoms with Crippen molar-refractivity contribution in [1.29, 1.82) is 0 Å². The van der Waals surface area contributed by atoms with E-state index < -0.39 is 0 Å². The fourth-order valence-corrected chi connectivity index (χ4v) is 4.34. The smallest absolute Gasteiger partial charge is 0.277 e. The maximum atomic E-state index is 12.9. The van der Waals surface area contributed by atoms with Gasteiger partial charge in [0.05, 0.1) is 5.25 Å². The number of fused-ring (bicyclic) bond motifs is 1. The number of aryl methyl sites for hydroxylation is 3. The molecule has 1 aliphatic carbocycles. The Balaban J connectivity index is 1.42. The van der Waals surface area contributed by atoms with Crippen molar-refractivity contribution in [2.75, 3.05) is 0 Å². The van der Waals surface area contributed by atoms with Gasteiger partial charge < -0.3 is 9.15 Å². The lowest BCUT2D eigenvalue weighted by atomic mass is 10.0. The molecule has 28 heavy (non-hydrogen) atoms. The SMILES string of the molecule is Cc1ccc(C)c(OCc2nnc(SC3CCCc4ccccc4C3=O)o2)c1. The van der Waals surface area contributed by atoms with E-state index in [0.29, 0.717) is 11.1 Å². The Kier molecular flexibility index (Phi) is 5.48. The Morgan fingerprint density at radius 3 is 2.93 bits per heavy atom. The number of Topliss-reactive ketones (excluding diaryl/α,β-unsaturated/α-hetero) is 1. The summed E-state index contributed by atoms with van der Waals surface area (Å²) in [6.07, 6.45) is 2.70.